The van der Waals surface area contributed by atoms with E-state index in [9.17, 15) is 4.79 Å². The van der Waals surface area contributed by atoms with Gasteiger partial charge in [0.05, 0.1) is 18.7 Å². The second-order valence-corrected chi connectivity index (χ2v) is 8.07. The van der Waals surface area contributed by atoms with E-state index >= 15 is 0 Å². The molecule has 1 aromatic rings. The average molecular weight is 401 g/mol. The fourth-order valence-corrected chi connectivity index (χ4v) is 3.86. The molecule has 0 bridgehead atoms. The van der Waals surface area contributed by atoms with E-state index in [1.807, 2.05) is 18.2 Å². The third-order valence-electron chi connectivity index (χ3n) is 5.58. The smallest absolute Gasteiger partial charge is 0.307 e. The summed E-state index contributed by atoms with van der Waals surface area (Å²) < 4.78 is 5.44. The van der Waals surface area contributed by atoms with Crippen LogP contribution in [0.15, 0.2) is 42.6 Å². The molecule has 0 aliphatic carbocycles. The molecule has 0 atom stereocenters. The van der Waals surface area contributed by atoms with Gasteiger partial charge >= 0.3 is 5.97 Å². The molecule has 0 unspecified atom stereocenters. The maximum Gasteiger partial charge on any atom is 0.307 e. The molecule has 0 saturated carbocycles. The molecule has 0 radical (unpaired) electrons. The summed E-state index contributed by atoms with van der Waals surface area (Å²) in [6, 6.07) is 10.2. The van der Waals surface area contributed by atoms with Crippen molar-refractivity contribution in [2.24, 2.45) is 0 Å². The van der Waals surface area contributed by atoms with Crippen LogP contribution in [0, 0.1) is 0 Å². The molecule has 0 spiro atoms. The first-order valence-corrected chi connectivity index (χ1v) is 11.7. The van der Waals surface area contributed by atoms with Gasteiger partial charge in [0.25, 0.3) is 0 Å². The highest BCUT2D eigenvalue weighted by Gasteiger charge is 2.26. The summed E-state index contributed by atoms with van der Waals surface area (Å²) in [5.74, 6) is -0.0913. The summed E-state index contributed by atoms with van der Waals surface area (Å²) in [4.78, 5) is 12.1. The minimum Gasteiger partial charge on any atom is -0.466 e. The summed E-state index contributed by atoms with van der Waals surface area (Å²) in [6.07, 6.45) is 14.3. The molecule has 1 aromatic carbocycles. The normalized spacial score (nSPS) is 14.5. The number of anilines is 1. The molecular formula is C25H40N2O2. The van der Waals surface area contributed by atoms with Crippen LogP contribution in [0.25, 0.3) is 0 Å². The molecule has 1 fully saturated rings. The predicted molar refractivity (Wildman–Crippen MR) is 122 cm³/mol. The van der Waals surface area contributed by atoms with Gasteiger partial charge in [-0.05, 0) is 18.6 Å². The Balaban J connectivity index is 1.51. The second-order valence-electron chi connectivity index (χ2n) is 8.07. The molecule has 2 rings (SSSR count). The number of benzene rings is 1. The van der Waals surface area contributed by atoms with Crippen LogP contribution < -0.4 is 5.01 Å². The van der Waals surface area contributed by atoms with Gasteiger partial charge in [0.2, 0.25) is 0 Å². The van der Waals surface area contributed by atoms with Crippen molar-refractivity contribution in [3.05, 3.63) is 42.6 Å². The van der Waals surface area contributed by atoms with E-state index in [4.69, 9.17) is 4.74 Å². The first kappa shape index (κ1) is 23.5. The van der Waals surface area contributed by atoms with Gasteiger partial charge in [-0.25, -0.2) is 5.01 Å². The van der Waals surface area contributed by atoms with Crippen LogP contribution in [0.2, 0.25) is 0 Å². The largest absolute Gasteiger partial charge is 0.466 e. The zero-order valence-corrected chi connectivity index (χ0v) is 18.4. The Hall–Kier alpha value is -1.81. The third kappa shape index (κ3) is 9.03. The zero-order valence-electron chi connectivity index (χ0n) is 18.4. The van der Waals surface area contributed by atoms with Crippen LogP contribution in [0.1, 0.15) is 84.0 Å². The van der Waals surface area contributed by atoms with Crippen LogP contribution in [-0.4, -0.2) is 30.7 Å². The molecule has 162 valence electrons. The number of nitrogens with zero attached hydrogens (tertiary/aromatic N) is 2. The third-order valence-corrected chi connectivity index (χ3v) is 5.58. The van der Waals surface area contributed by atoms with Crippen molar-refractivity contribution in [3.8, 4) is 0 Å². The standard InChI is InChI=1S/C25H40N2O2/c1-3-4-5-6-7-8-9-10-11-15-22-29-25(28)19-21-26-20-18-23(2)27(26)24-16-13-12-14-17-24/h12-14,16-17H,2-11,15,18-22H2,1H3. The van der Waals surface area contributed by atoms with Gasteiger partial charge in [0, 0.05) is 25.2 Å². The monoisotopic (exact) mass is 400 g/mol. The van der Waals surface area contributed by atoms with E-state index in [2.05, 4.69) is 35.7 Å². The van der Waals surface area contributed by atoms with Crippen LogP contribution in [0.5, 0.6) is 0 Å². The molecule has 0 amide bonds. The summed E-state index contributed by atoms with van der Waals surface area (Å²) in [6.45, 7) is 8.56. The van der Waals surface area contributed by atoms with E-state index in [1.165, 1.54) is 51.4 Å². The summed E-state index contributed by atoms with van der Waals surface area (Å²) in [5.41, 5.74) is 2.18. The molecule has 0 N–H and O–H groups in total. The molecule has 0 aromatic heterocycles. The Morgan fingerprint density at radius 1 is 0.966 bits per heavy atom. The minimum absolute atomic E-state index is 0.0913. The van der Waals surface area contributed by atoms with Crippen molar-refractivity contribution in [3.63, 3.8) is 0 Å². The predicted octanol–water partition coefficient (Wildman–Crippen LogP) is 6.48. The number of carbonyl (C=O) groups is 1. The van der Waals surface area contributed by atoms with Gasteiger partial charge < -0.3 is 4.74 Å². The molecule has 1 saturated heterocycles. The number of hydrogen-bond donors (Lipinski definition) is 0. The highest BCUT2D eigenvalue weighted by atomic mass is 16.5. The number of hydrazine groups is 1. The average Bonchev–Trinajstić information content (AvgIpc) is 3.11. The quantitative estimate of drug-likeness (QED) is 0.249. The van der Waals surface area contributed by atoms with Crippen LogP contribution >= 0.6 is 0 Å². The Bertz CT molecular complexity index is 588. The Morgan fingerprint density at radius 2 is 1.59 bits per heavy atom. The van der Waals surface area contributed by atoms with Crippen LogP contribution in [-0.2, 0) is 9.53 Å². The lowest BCUT2D eigenvalue weighted by Crippen LogP contribution is -2.37. The van der Waals surface area contributed by atoms with Gasteiger partial charge in [-0.15, -0.1) is 0 Å². The topological polar surface area (TPSA) is 32.8 Å². The molecule has 1 aliphatic heterocycles. The molecule has 4 nitrogen and oxygen atoms in total. The molecule has 29 heavy (non-hydrogen) atoms. The van der Waals surface area contributed by atoms with Crippen LogP contribution in [0.3, 0.4) is 0 Å². The first-order valence-electron chi connectivity index (χ1n) is 11.7. The molecular weight excluding hydrogens is 360 g/mol. The lowest BCUT2D eigenvalue weighted by Gasteiger charge is -2.30. The number of rotatable bonds is 15. The van der Waals surface area contributed by atoms with Crippen LogP contribution in [0.4, 0.5) is 5.69 Å². The Morgan fingerprint density at radius 3 is 2.24 bits per heavy atom. The van der Waals surface area contributed by atoms with Gasteiger partial charge in [0.1, 0.15) is 0 Å². The maximum absolute atomic E-state index is 12.1. The van der Waals surface area contributed by atoms with E-state index in [0.717, 1.165) is 37.2 Å². The summed E-state index contributed by atoms with van der Waals surface area (Å²) in [5, 5.41) is 4.33. The van der Waals surface area contributed by atoms with Gasteiger partial charge in [-0.3, -0.25) is 9.80 Å². The molecule has 1 heterocycles. The van der Waals surface area contributed by atoms with E-state index in [-0.39, 0.29) is 5.97 Å². The fourth-order valence-electron chi connectivity index (χ4n) is 3.86. The number of ether oxygens (including phenoxy) is 1. The van der Waals surface area contributed by atoms with E-state index in [1.54, 1.807) is 0 Å². The fraction of sp³-hybridized carbons (Fsp3) is 0.640. The summed E-state index contributed by atoms with van der Waals surface area (Å²) in [7, 11) is 0. The SMILES string of the molecule is C=C1CCN(CCC(=O)OCCCCCCCCCCCC)N1c1ccccc1. The van der Waals surface area contributed by atoms with E-state index < -0.39 is 0 Å². The minimum atomic E-state index is -0.0913. The van der Waals surface area contributed by atoms with Crippen molar-refractivity contribution in [2.75, 3.05) is 24.7 Å². The van der Waals surface area contributed by atoms with Crippen molar-refractivity contribution in [1.82, 2.24) is 5.01 Å². The second kappa shape index (κ2) is 14.2. The number of para-hydroxylation sites is 1. The summed E-state index contributed by atoms with van der Waals surface area (Å²) >= 11 is 0. The lowest BCUT2D eigenvalue weighted by atomic mass is 10.1. The van der Waals surface area contributed by atoms with Gasteiger partial charge in [-0.1, -0.05) is 89.5 Å². The van der Waals surface area contributed by atoms with E-state index in [0.29, 0.717) is 19.6 Å². The first-order chi connectivity index (χ1) is 14.2. The lowest BCUT2D eigenvalue weighted by molar-refractivity contribution is -0.144. The number of esters is 1. The number of carbonyl (C=O) groups excluding carboxylic acids is 1. The number of hydrogen-bond acceptors (Lipinski definition) is 4. The number of unbranched alkanes of at least 4 members (excludes halogenated alkanes) is 9. The van der Waals surface area contributed by atoms with Gasteiger partial charge in [-0.2, -0.15) is 0 Å². The van der Waals surface area contributed by atoms with Crippen molar-refractivity contribution >= 4 is 11.7 Å². The highest BCUT2D eigenvalue weighted by molar-refractivity contribution is 5.69. The Kier molecular flexibility index (Phi) is 11.5. The highest BCUT2D eigenvalue weighted by Crippen LogP contribution is 2.28. The Labute approximate surface area is 177 Å². The van der Waals surface area contributed by atoms with Crippen molar-refractivity contribution < 1.29 is 9.53 Å². The zero-order chi connectivity index (χ0) is 20.7. The van der Waals surface area contributed by atoms with Crippen molar-refractivity contribution in [1.29, 1.82) is 0 Å². The maximum atomic E-state index is 12.1. The molecule has 1 aliphatic rings. The van der Waals surface area contributed by atoms with Gasteiger partial charge in [0.15, 0.2) is 0 Å². The van der Waals surface area contributed by atoms with Crippen molar-refractivity contribution in [2.45, 2.75) is 84.0 Å². The molecule has 4 heteroatoms.